The summed E-state index contributed by atoms with van der Waals surface area (Å²) < 4.78 is 40.2. The van der Waals surface area contributed by atoms with Gasteiger partial charge in [0.05, 0.1) is 23.1 Å². The minimum Gasteiger partial charge on any atom is -0.372 e. The van der Waals surface area contributed by atoms with E-state index >= 15 is 0 Å². The van der Waals surface area contributed by atoms with E-state index in [1.807, 2.05) is 30.0 Å². The molecule has 2 aromatic carbocycles. The first-order valence-electron chi connectivity index (χ1n) is 12.1. The molecule has 2 amide bonds. The van der Waals surface area contributed by atoms with E-state index in [2.05, 4.69) is 5.32 Å². The molecule has 2 aliphatic rings. The van der Waals surface area contributed by atoms with Crippen molar-refractivity contribution in [2.24, 2.45) is 17.8 Å². The highest BCUT2D eigenvalue weighted by atomic mass is 19.4. The molecule has 2 heterocycles. The van der Waals surface area contributed by atoms with Crippen molar-refractivity contribution in [1.29, 1.82) is 5.26 Å². The number of nitrogens with zero attached hydrogens (tertiary/aromatic N) is 3. The Hall–Kier alpha value is -3.54. The molecular weight excluding hydrogens is 469 g/mol. The van der Waals surface area contributed by atoms with Gasteiger partial charge in [-0.1, -0.05) is 18.2 Å². The Morgan fingerprint density at radius 1 is 1.08 bits per heavy atom. The van der Waals surface area contributed by atoms with Gasteiger partial charge < -0.3 is 15.1 Å². The molecule has 4 rings (SSSR count). The largest absolute Gasteiger partial charge is 0.417 e. The molecule has 2 saturated heterocycles. The summed E-state index contributed by atoms with van der Waals surface area (Å²) in [6.45, 7) is 3.79. The van der Waals surface area contributed by atoms with E-state index in [0.29, 0.717) is 50.3 Å². The van der Waals surface area contributed by atoms with E-state index in [1.165, 1.54) is 6.07 Å². The fourth-order valence-electron chi connectivity index (χ4n) is 5.57. The van der Waals surface area contributed by atoms with Crippen LogP contribution in [0.1, 0.15) is 39.9 Å². The molecule has 36 heavy (non-hydrogen) atoms. The van der Waals surface area contributed by atoms with Gasteiger partial charge in [0.2, 0.25) is 5.91 Å². The Kier molecular flexibility index (Phi) is 7.25. The molecule has 0 radical (unpaired) electrons. The van der Waals surface area contributed by atoms with Crippen molar-refractivity contribution in [3.8, 4) is 6.07 Å². The fraction of sp³-hybridized carbons (Fsp3) is 0.444. The van der Waals surface area contributed by atoms with E-state index < -0.39 is 11.7 Å². The quantitative estimate of drug-likeness (QED) is 0.685. The number of piperidine rings is 1. The van der Waals surface area contributed by atoms with Crippen molar-refractivity contribution in [2.75, 3.05) is 38.1 Å². The lowest BCUT2D eigenvalue weighted by Gasteiger charge is -2.37. The van der Waals surface area contributed by atoms with Gasteiger partial charge in [0.1, 0.15) is 0 Å². The number of hydrogen-bond acceptors (Lipinski definition) is 4. The van der Waals surface area contributed by atoms with Gasteiger partial charge in [0, 0.05) is 44.5 Å². The lowest BCUT2D eigenvalue weighted by molar-refractivity contribution is -0.137. The number of rotatable bonds is 4. The highest BCUT2D eigenvalue weighted by molar-refractivity contribution is 5.96. The number of carbonyl (C=O) groups is 2. The molecule has 9 heteroatoms. The Labute approximate surface area is 208 Å². The molecule has 6 nitrogen and oxygen atoms in total. The van der Waals surface area contributed by atoms with Gasteiger partial charge in [0.25, 0.3) is 5.91 Å². The van der Waals surface area contributed by atoms with E-state index in [-0.39, 0.29) is 35.1 Å². The van der Waals surface area contributed by atoms with E-state index in [4.69, 9.17) is 5.26 Å². The second-order valence-corrected chi connectivity index (χ2v) is 9.57. The fourth-order valence-corrected chi connectivity index (χ4v) is 5.57. The van der Waals surface area contributed by atoms with Crippen LogP contribution in [0.5, 0.6) is 0 Å². The van der Waals surface area contributed by atoms with Gasteiger partial charge in [-0.05, 0) is 61.4 Å². The number of hydrogen-bond donors (Lipinski definition) is 1. The SMILES string of the molecule is CNC(=O)[C@@H]1CN(C(=O)c2ccccc2C)C[C@H]1C1CCN(c2ccc(C#N)c(C(F)(F)F)c2)CC1. The van der Waals surface area contributed by atoms with E-state index in [1.54, 1.807) is 30.1 Å². The van der Waals surface area contributed by atoms with Crippen LogP contribution in [0.3, 0.4) is 0 Å². The van der Waals surface area contributed by atoms with Crippen molar-refractivity contribution >= 4 is 17.5 Å². The highest BCUT2D eigenvalue weighted by Gasteiger charge is 2.44. The minimum atomic E-state index is -4.60. The van der Waals surface area contributed by atoms with Crippen molar-refractivity contribution < 1.29 is 22.8 Å². The van der Waals surface area contributed by atoms with E-state index in [9.17, 15) is 22.8 Å². The van der Waals surface area contributed by atoms with Crippen molar-refractivity contribution in [3.63, 3.8) is 0 Å². The molecule has 190 valence electrons. The number of nitriles is 1. The molecule has 0 unspecified atom stereocenters. The number of alkyl halides is 3. The van der Waals surface area contributed by atoms with E-state index in [0.717, 1.165) is 11.6 Å². The highest BCUT2D eigenvalue weighted by Crippen LogP contribution is 2.39. The first-order valence-corrected chi connectivity index (χ1v) is 12.1. The predicted molar refractivity (Wildman–Crippen MR) is 129 cm³/mol. The van der Waals surface area contributed by atoms with Gasteiger partial charge >= 0.3 is 6.18 Å². The number of halogens is 3. The smallest absolute Gasteiger partial charge is 0.372 e. The van der Waals surface area contributed by atoms with Crippen LogP contribution in [-0.2, 0) is 11.0 Å². The summed E-state index contributed by atoms with van der Waals surface area (Å²) in [7, 11) is 1.59. The normalized spacial score (nSPS) is 20.8. The molecule has 0 spiro atoms. The van der Waals surface area contributed by atoms with Crippen LogP contribution in [0.25, 0.3) is 0 Å². The first-order chi connectivity index (χ1) is 17.1. The number of nitrogens with one attached hydrogen (secondary N) is 1. The van der Waals surface area contributed by atoms with Crippen LogP contribution in [0.4, 0.5) is 18.9 Å². The number of amides is 2. The first kappa shape index (κ1) is 25.5. The molecule has 2 atom stereocenters. The second kappa shape index (κ2) is 10.2. The van der Waals surface area contributed by atoms with Gasteiger partial charge in [-0.3, -0.25) is 9.59 Å². The van der Waals surface area contributed by atoms with Crippen LogP contribution in [0, 0.1) is 36.0 Å². The Morgan fingerprint density at radius 2 is 1.78 bits per heavy atom. The lowest BCUT2D eigenvalue weighted by Crippen LogP contribution is -2.41. The molecule has 0 aromatic heterocycles. The van der Waals surface area contributed by atoms with Crippen molar-refractivity contribution in [3.05, 3.63) is 64.7 Å². The molecule has 2 aliphatic heterocycles. The predicted octanol–water partition coefficient (Wildman–Crippen LogP) is 4.24. The van der Waals surface area contributed by atoms with Crippen LogP contribution in [0.15, 0.2) is 42.5 Å². The Morgan fingerprint density at radius 3 is 2.39 bits per heavy atom. The topological polar surface area (TPSA) is 76.4 Å². The zero-order valence-electron chi connectivity index (χ0n) is 20.3. The summed E-state index contributed by atoms with van der Waals surface area (Å²) in [5.74, 6) is -0.361. The average molecular weight is 499 g/mol. The molecule has 1 N–H and O–H groups in total. The van der Waals surface area contributed by atoms with Gasteiger partial charge in [-0.2, -0.15) is 18.4 Å². The molecule has 0 bridgehead atoms. The zero-order chi connectivity index (χ0) is 26.0. The Bertz CT molecular complexity index is 1180. The van der Waals surface area contributed by atoms with Crippen LogP contribution < -0.4 is 10.2 Å². The van der Waals surface area contributed by atoms with Gasteiger partial charge in [-0.25, -0.2) is 0 Å². The maximum absolute atomic E-state index is 13.4. The summed E-state index contributed by atoms with van der Waals surface area (Å²) in [5, 5.41) is 11.8. The third-order valence-electron chi connectivity index (χ3n) is 7.55. The molecular formula is C27H29F3N4O2. The number of anilines is 1. The molecule has 0 saturated carbocycles. The lowest BCUT2D eigenvalue weighted by atomic mass is 9.78. The Balaban J connectivity index is 1.48. The van der Waals surface area contributed by atoms with Gasteiger partial charge in [-0.15, -0.1) is 0 Å². The number of likely N-dealkylation sites (tertiary alicyclic amines) is 1. The van der Waals surface area contributed by atoms with Gasteiger partial charge in [0.15, 0.2) is 0 Å². The summed E-state index contributed by atoms with van der Waals surface area (Å²) in [4.78, 5) is 29.6. The monoisotopic (exact) mass is 498 g/mol. The summed E-state index contributed by atoms with van der Waals surface area (Å²) in [6.07, 6.45) is -3.20. The van der Waals surface area contributed by atoms with Crippen LogP contribution >= 0.6 is 0 Å². The third kappa shape index (κ3) is 5.03. The molecule has 0 aliphatic carbocycles. The third-order valence-corrected chi connectivity index (χ3v) is 7.55. The standard InChI is InChI=1S/C27H29F3N4O2/c1-17-5-3-4-6-21(17)26(36)34-15-22(23(16-34)25(35)32-2)18-9-11-33(12-10-18)20-8-7-19(14-31)24(13-20)27(28,29)30/h3-8,13,18,22-23H,9-12,15-16H2,1-2H3,(H,32,35)/t22-,23+/m0/s1. The number of benzene rings is 2. The maximum Gasteiger partial charge on any atom is 0.417 e. The number of aryl methyl sites for hydroxylation is 1. The molecule has 2 aromatic rings. The molecule has 2 fully saturated rings. The summed E-state index contributed by atoms with van der Waals surface area (Å²) >= 11 is 0. The minimum absolute atomic E-state index is 0.0215. The average Bonchev–Trinajstić information content (AvgIpc) is 3.33. The van der Waals surface area contributed by atoms with Crippen molar-refractivity contribution in [2.45, 2.75) is 25.9 Å². The maximum atomic E-state index is 13.4. The van der Waals surface area contributed by atoms with Crippen LogP contribution in [-0.4, -0.2) is 49.9 Å². The summed E-state index contributed by atoms with van der Waals surface area (Å²) in [6, 6.07) is 12.8. The summed E-state index contributed by atoms with van der Waals surface area (Å²) in [5.41, 5.74) is 0.635. The van der Waals surface area contributed by atoms with Crippen LogP contribution in [0.2, 0.25) is 0 Å². The second-order valence-electron chi connectivity index (χ2n) is 9.57. The van der Waals surface area contributed by atoms with Crippen molar-refractivity contribution in [1.82, 2.24) is 10.2 Å². The number of carbonyl (C=O) groups excluding carboxylic acids is 2. The zero-order valence-corrected chi connectivity index (χ0v) is 20.3.